The Morgan fingerprint density at radius 2 is 2.12 bits per heavy atom. The molecule has 0 radical (unpaired) electrons. The summed E-state index contributed by atoms with van der Waals surface area (Å²) < 4.78 is 21.8. The minimum absolute atomic E-state index is 0.306. The van der Waals surface area contributed by atoms with E-state index in [9.17, 15) is 9.18 Å². The van der Waals surface area contributed by atoms with Crippen LogP contribution in [0.5, 0.6) is 0 Å². The number of amides is 1. The Morgan fingerprint density at radius 1 is 1.36 bits per heavy atom. The first-order valence-corrected chi connectivity index (χ1v) is 7.93. The van der Waals surface area contributed by atoms with E-state index in [0.717, 1.165) is 0 Å². The molecule has 1 N–H and O–H groups in total. The summed E-state index contributed by atoms with van der Waals surface area (Å²) in [6.45, 7) is 0.765. The highest BCUT2D eigenvalue weighted by Gasteiger charge is 2.21. The lowest BCUT2D eigenvalue weighted by molar-refractivity contribution is 0.0937. The Kier molecular flexibility index (Phi) is 5.16. The number of carbonyl (C=O) groups excluding carboxylic acids is 1. The number of nitrogens with one attached hydrogen (secondary N) is 1. The van der Waals surface area contributed by atoms with Crippen LogP contribution < -0.4 is 5.32 Å². The number of rotatable bonds is 6. The lowest BCUT2D eigenvalue weighted by Crippen LogP contribution is -2.27. The van der Waals surface area contributed by atoms with E-state index in [-0.39, 0.29) is 5.91 Å². The normalized spacial score (nSPS) is 10.8. The first-order chi connectivity index (χ1) is 12.1. The van der Waals surface area contributed by atoms with Crippen LogP contribution in [0, 0.1) is 5.82 Å². The van der Waals surface area contributed by atoms with Gasteiger partial charge in [0.05, 0.1) is 23.5 Å². The number of nitrogens with zero attached hydrogens (tertiary/aromatic N) is 3. The molecule has 130 valence electrons. The summed E-state index contributed by atoms with van der Waals surface area (Å²) in [6, 6.07) is 7.62. The molecule has 2 aromatic heterocycles. The van der Waals surface area contributed by atoms with E-state index < -0.39 is 5.82 Å². The molecule has 0 fully saturated rings. The maximum absolute atomic E-state index is 13.7. The van der Waals surface area contributed by atoms with Gasteiger partial charge >= 0.3 is 0 Å². The molecule has 8 heteroatoms. The molecule has 0 saturated carbocycles. The van der Waals surface area contributed by atoms with Crippen molar-refractivity contribution >= 4 is 17.5 Å². The molecule has 25 heavy (non-hydrogen) atoms. The van der Waals surface area contributed by atoms with Crippen molar-refractivity contribution in [1.82, 2.24) is 19.7 Å². The molecule has 1 aromatic carbocycles. The molecular weight excluding hydrogens is 347 g/mol. The van der Waals surface area contributed by atoms with Gasteiger partial charge in [-0.2, -0.15) is 5.10 Å². The minimum Gasteiger partial charge on any atom is -0.383 e. The Hall–Kier alpha value is -2.64. The van der Waals surface area contributed by atoms with Gasteiger partial charge in [0.25, 0.3) is 5.91 Å². The molecule has 0 spiro atoms. The summed E-state index contributed by atoms with van der Waals surface area (Å²) in [5.41, 5.74) is 0.689. The van der Waals surface area contributed by atoms with Crippen LogP contribution in [0.2, 0.25) is 5.02 Å². The van der Waals surface area contributed by atoms with Crippen LogP contribution in [0.4, 0.5) is 4.39 Å². The van der Waals surface area contributed by atoms with Gasteiger partial charge in [-0.05, 0) is 24.3 Å². The SMILES string of the molecule is COCCNC(=O)c1cnn(-c2cc(F)ccc2Cl)c1-n1cccc1. The Bertz CT molecular complexity index is 877. The Morgan fingerprint density at radius 3 is 2.84 bits per heavy atom. The van der Waals surface area contributed by atoms with E-state index in [0.29, 0.717) is 35.2 Å². The van der Waals surface area contributed by atoms with Crippen molar-refractivity contribution in [3.63, 3.8) is 0 Å². The van der Waals surface area contributed by atoms with Crippen LogP contribution in [-0.2, 0) is 4.74 Å². The first kappa shape index (κ1) is 17.2. The number of methoxy groups -OCH3 is 1. The fraction of sp³-hybridized carbons (Fsp3) is 0.176. The number of carbonyl (C=O) groups is 1. The second kappa shape index (κ2) is 7.50. The summed E-state index contributed by atoms with van der Waals surface area (Å²) >= 11 is 6.20. The van der Waals surface area contributed by atoms with E-state index in [1.54, 1.807) is 24.1 Å². The Labute approximate surface area is 148 Å². The maximum Gasteiger partial charge on any atom is 0.256 e. The largest absolute Gasteiger partial charge is 0.383 e. The summed E-state index contributed by atoms with van der Waals surface area (Å²) in [5.74, 6) is -0.286. The number of benzene rings is 1. The van der Waals surface area contributed by atoms with Gasteiger partial charge in [0.15, 0.2) is 5.82 Å². The smallest absolute Gasteiger partial charge is 0.256 e. The van der Waals surface area contributed by atoms with Crippen molar-refractivity contribution in [3.05, 3.63) is 65.3 Å². The van der Waals surface area contributed by atoms with Gasteiger partial charge in [0.2, 0.25) is 0 Å². The number of ether oxygens (including phenoxy) is 1. The average molecular weight is 363 g/mol. The predicted molar refractivity (Wildman–Crippen MR) is 92.1 cm³/mol. The van der Waals surface area contributed by atoms with Gasteiger partial charge in [0.1, 0.15) is 11.4 Å². The first-order valence-electron chi connectivity index (χ1n) is 7.55. The third-order valence-corrected chi connectivity index (χ3v) is 3.89. The molecule has 0 aliphatic rings. The van der Waals surface area contributed by atoms with Crippen LogP contribution in [0.1, 0.15) is 10.4 Å². The molecule has 0 saturated heterocycles. The van der Waals surface area contributed by atoms with E-state index in [1.165, 1.54) is 29.1 Å². The highest BCUT2D eigenvalue weighted by molar-refractivity contribution is 6.32. The zero-order chi connectivity index (χ0) is 17.8. The molecule has 0 unspecified atom stereocenters. The molecule has 3 aromatic rings. The standard InChI is InChI=1S/C17H16ClFN4O2/c1-25-9-6-20-16(24)13-11-21-23(17(13)22-7-2-3-8-22)15-10-12(19)4-5-14(15)18/h2-5,7-8,10-11H,6,9H2,1H3,(H,20,24). The number of halogens is 2. The van der Waals surface area contributed by atoms with Crippen molar-refractivity contribution in [2.75, 3.05) is 20.3 Å². The Balaban J connectivity index is 2.08. The summed E-state index contributed by atoms with van der Waals surface area (Å²) in [6.07, 6.45) is 4.97. The zero-order valence-electron chi connectivity index (χ0n) is 13.4. The number of aromatic nitrogens is 3. The molecule has 0 atom stereocenters. The van der Waals surface area contributed by atoms with Crippen molar-refractivity contribution < 1.29 is 13.9 Å². The highest BCUT2D eigenvalue weighted by atomic mass is 35.5. The van der Waals surface area contributed by atoms with Gasteiger partial charge < -0.3 is 14.6 Å². The second-order valence-electron chi connectivity index (χ2n) is 5.23. The molecule has 0 bridgehead atoms. The third kappa shape index (κ3) is 3.57. The van der Waals surface area contributed by atoms with E-state index in [4.69, 9.17) is 16.3 Å². The maximum atomic E-state index is 13.7. The topological polar surface area (TPSA) is 61.1 Å². The summed E-state index contributed by atoms with van der Waals surface area (Å²) in [4.78, 5) is 12.5. The predicted octanol–water partition coefficient (Wildman–Crippen LogP) is 2.83. The van der Waals surface area contributed by atoms with E-state index >= 15 is 0 Å². The number of hydrogen-bond donors (Lipinski definition) is 1. The van der Waals surface area contributed by atoms with Crippen LogP contribution in [0.25, 0.3) is 11.5 Å². The zero-order valence-corrected chi connectivity index (χ0v) is 14.2. The lowest BCUT2D eigenvalue weighted by atomic mass is 10.2. The van der Waals surface area contributed by atoms with Gasteiger partial charge in [-0.3, -0.25) is 4.79 Å². The van der Waals surface area contributed by atoms with Crippen LogP contribution in [0.15, 0.2) is 48.9 Å². The van der Waals surface area contributed by atoms with Crippen LogP contribution in [0.3, 0.4) is 0 Å². The van der Waals surface area contributed by atoms with Crippen molar-refractivity contribution in [1.29, 1.82) is 0 Å². The lowest BCUT2D eigenvalue weighted by Gasteiger charge is -2.12. The monoisotopic (exact) mass is 362 g/mol. The quantitative estimate of drug-likeness (QED) is 0.686. The summed E-state index contributed by atoms with van der Waals surface area (Å²) in [7, 11) is 1.56. The molecule has 1 amide bonds. The van der Waals surface area contributed by atoms with Crippen molar-refractivity contribution in [3.8, 4) is 11.5 Å². The van der Waals surface area contributed by atoms with E-state index in [2.05, 4.69) is 10.4 Å². The molecule has 2 heterocycles. The minimum atomic E-state index is -0.445. The van der Waals surface area contributed by atoms with Crippen LogP contribution in [-0.4, -0.2) is 40.5 Å². The molecule has 0 aliphatic carbocycles. The average Bonchev–Trinajstić information content (AvgIpc) is 3.25. The molecule has 3 rings (SSSR count). The highest BCUT2D eigenvalue weighted by Crippen LogP contribution is 2.26. The molecule has 0 aliphatic heterocycles. The van der Waals surface area contributed by atoms with Gasteiger partial charge in [-0.15, -0.1) is 0 Å². The van der Waals surface area contributed by atoms with Crippen LogP contribution >= 0.6 is 11.6 Å². The van der Waals surface area contributed by atoms with E-state index in [1.807, 2.05) is 12.1 Å². The third-order valence-electron chi connectivity index (χ3n) is 3.57. The molecule has 6 nitrogen and oxygen atoms in total. The number of hydrogen-bond acceptors (Lipinski definition) is 3. The van der Waals surface area contributed by atoms with Gasteiger partial charge in [-0.1, -0.05) is 11.6 Å². The summed E-state index contributed by atoms with van der Waals surface area (Å²) in [5, 5.41) is 7.32. The van der Waals surface area contributed by atoms with Crippen molar-refractivity contribution in [2.45, 2.75) is 0 Å². The van der Waals surface area contributed by atoms with Crippen molar-refractivity contribution in [2.24, 2.45) is 0 Å². The molecular formula is C17H16ClFN4O2. The fourth-order valence-corrected chi connectivity index (χ4v) is 2.61. The van der Waals surface area contributed by atoms with Gasteiger partial charge in [-0.25, -0.2) is 9.07 Å². The van der Waals surface area contributed by atoms with Gasteiger partial charge in [0, 0.05) is 32.1 Å². The second-order valence-corrected chi connectivity index (χ2v) is 5.64. The fourth-order valence-electron chi connectivity index (χ4n) is 2.41.